The molecule has 0 aliphatic rings. The minimum absolute atomic E-state index is 0.106. The van der Waals surface area contributed by atoms with Crippen molar-refractivity contribution >= 4 is 17.5 Å². The molecule has 0 bridgehead atoms. The summed E-state index contributed by atoms with van der Waals surface area (Å²) in [4.78, 5) is 26.7. The van der Waals surface area contributed by atoms with Gasteiger partial charge in [0, 0.05) is 24.3 Å². The van der Waals surface area contributed by atoms with Crippen molar-refractivity contribution in [3.63, 3.8) is 0 Å². The van der Waals surface area contributed by atoms with Gasteiger partial charge in [0.25, 0.3) is 5.91 Å². The van der Waals surface area contributed by atoms with Crippen molar-refractivity contribution in [2.24, 2.45) is 0 Å². The van der Waals surface area contributed by atoms with Gasteiger partial charge in [-0.05, 0) is 62.0 Å². The Kier molecular flexibility index (Phi) is 9.18. The average Bonchev–Trinajstić information content (AvgIpc) is 2.73. The zero-order chi connectivity index (χ0) is 21.1. The lowest BCUT2D eigenvalue weighted by Gasteiger charge is -2.18. The Labute approximate surface area is 173 Å². The van der Waals surface area contributed by atoms with Crippen LogP contribution in [0.3, 0.4) is 0 Å². The molecule has 0 spiro atoms. The summed E-state index contributed by atoms with van der Waals surface area (Å²) < 4.78 is 5.40. The Hall–Kier alpha value is -2.86. The van der Waals surface area contributed by atoms with Gasteiger partial charge in [0.15, 0.2) is 0 Å². The monoisotopic (exact) mass is 397 g/mol. The fourth-order valence-corrected chi connectivity index (χ4v) is 2.94. The van der Waals surface area contributed by atoms with E-state index >= 15 is 0 Å². The van der Waals surface area contributed by atoms with Crippen LogP contribution in [0.2, 0.25) is 0 Å². The van der Waals surface area contributed by atoms with Gasteiger partial charge in [0.05, 0.1) is 13.0 Å². The van der Waals surface area contributed by atoms with Crippen LogP contribution in [0, 0.1) is 0 Å². The van der Waals surface area contributed by atoms with Gasteiger partial charge >= 0.3 is 0 Å². The molecule has 0 saturated heterocycles. The van der Waals surface area contributed by atoms with Gasteiger partial charge in [-0.15, -0.1) is 0 Å². The van der Waals surface area contributed by atoms with Gasteiger partial charge in [-0.1, -0.05) is 26.0 Å². The van der Waals surface area contributed by atoms with Gasteiger partial charge in [-0.3, -0.25) is 9.59 Å². The molecule has 0 aliphatic carbocycles. The minimum Gasteiger partial charge on any atom is -0.494 e. The molecule has 0 aromatic heterocycles. The lowest BCUT2D eigenvalue weighted by molar-refractivity contribution is -0.115. The van der Waals surface area contributed by atoms with Gasteiger partial charge in [-0.2, -0.15) is 0 Å². The van der Waals surface area contributed by atoms with Crippen LogP contribution in [0.25, 0.3) is 0 Å². The highest BCUT2D eigenvalue weighted by Crippen LogP contribution is 2.14. The van der Waals surface area contributed by atoms with Crippen LogP contribution >= 0.6 is 0 Å². The zero-order valence-electron chi connectivity index (χ0n) is 17.5. The van der Waals surface area contributed by atoms with Gasteiger partial charge in [-0.25, -0.2) is 0 Å². The summed E-state index contributed by atoms with van der Waals surface area (Å²) in [6.45, 7) is 10.1. The molecule has 0 fully saturated rings. The SMILES string of the molecule is CCOc1ccc(CC(=O)Nc2ccc(C(=O)NCCN(CC)CC)cc2)cc1. The Morgan fingerprint density at radius 1 is 0.931 bits per heavy atom. The van der Waals surface area contributed by atoms with Crippen molar-refractivity contribution in [3.8, 4) is 5.75 Å². The quantitative estimate of drug-likeness (QED) is 0.610. The van der Waals surface area contributed by atoms with Crippen LogP contribution in [0.5, 0.6) is 5.75 Å². The van der Waals surface area contributed by atoms with E-state index in [-0.39, 0.29) is 18.2 Å². The highest BCUT2D eigenvalue weighted by molar-refractivity contribution is 5.96. The summed E-state index contributed by atoms with van der Waals surface area (Å²) in [5.41, 5.74) is 2.16. The largest absolute Gasteiger partial charge is 0.494 e. The number of rotatable bonds is 11. The van der Waals surface area contributed by atoms with Gasteiger partial charge in [0.1, 0.15) is 5.75 Å². The standard InChI is InChI=1S/C23H31N3O3/c1-4-26(5-2)16-15-24-23(28)19-9-11-20(12-10-19)25-22(27)17-18-7-13-21(14-8-18)29-6-3/h7-14H,4-6,15-17H2,1-3H3,(H,24,28)(H,25,27). The molecule has 6 heteroatoms. The second-order valence-electron chi connectivity index (χ2n) is 6.66. The molecule has 0 aliphatic heterocycles. The van der Waals surface area contributed by atoms with Crippen molar-refractivity contribution in [2.75, 3.05) is 38.1 Å². The normalized spacial score (nSPS) is 10.6. The second kappa shape index (κ2) is 11.9. The molecule has 0 radical (unpaired) electrons. The topological polar surface area (TPSA) is 70.7 Å². The maximum Gasteiger partial charge on any atom is 0.251 e. The number of likely N-dealkylation sites (N-methyl/N-ethyl adjacent to an activating group) is 1. The highest BCUT2D eigenvalue weighted by Gasteiger charge is 2.08. The predicted octanol–water partition coefficient (Wildman–Crippen LogP) is 3.34. The molecule has 2 aromatic rings. The van der Waals surface area contributed by atoms with Crippen LogP contribution in [-0.4, -0.2) is 49.5 Å². The van der Waals surface area contributed by atoms with Crippen LogP contribution < -0.4 is 15.4 Å². The molecule has 156 valence electrons. The molecule has 0 saturated carbocycles. The minimum atomic E-state index is -0.107. The third-order valence-corrected chi connectivity index (χ3v) is 4.64. The third-order valence-electron chi connectivity index (χ3n) is 4.64. The maximum atomic E-state index is 12.2. The number of anilines is 1. The molecular formula is C23H31N3O3. The molecule has 0 unspecified atom stereocenters. The molecule has 2 N–H and O–H groups in total. The van der Waals surface area contributed by atoms with Crippen molar-refractivity contribution in [1.82, 2.24) is 10.2 Å². The number of nitrogens with zero attached hydrogens (tertiary/aromatic N) is 1. The van der Waals surface area contributed by atoms with Gasteiger partial charge in [0.2, 0.25) is 5.91 Å². The van der Waals surface area contributed by atoms with E-state index in [0.29, 0.717) is 24.4 Å². The molecular weight excluding hydrogens is 366 g/mol. The number of benzene rings is 2. The number of nitrogens with one attached hydrogen (secondary N) is 2. The summed E-state index contributed by atoms with van der Waals surface area (Å²) in [6, 6.07) is 14.4. The smallest absolute Gasteiger partial charge is 0.251 e. The molecule has 2 rings (SSSR count). The Morgan fingerprint density at radius 2 is 1.59 bits per heavy atom. The first-order valence-corrected chi connectivity index (χ1v) is 10.2. The molecule has 2 aromatic carbocycles. The van der Waals surface area contributed by atoms with E-state index < -0.39 is 0 Å². The molecule has 2 amide bonds. The summed E-state index contributed by atoms with van der Waals surface area (Å²) in [5, 5.41) is 5.79. The fraction of sp³-hybridized carbons (Fsp3) is 0.391. The molecule has 6 nitrogen and oxygen atoms in total. The van der Waals surface area contributed by atoms with Crippen LogP contribution in [0.4, 0.5) is 5.69 Å². The maximum absolute atomic E-state index is 12.2. The number of hydrogen-bond acceptors (Lipinski definition) is 4. The number of ether oxygens (including phenoxy) is 1. The van der Waals surface area contributed by atoms with Crippen molar-refractivity contribution in [1.29, 1.82) is 0 Å². The summed E-state index contributed by atoms with van der Waals surface area (Å²) >= 11 is 0. The Balaban J connectivity index is 1.81. The number of carbonyl (C=O) groups excluding carboxylic acids is 2. The third kappa shape index (κ3) is 7.58. The first kappa shape index (κ1) is 22.4. The average molecular weight is 398 g/mol. The predicted molar refractivity (Wildman–Crippen MR) is 117 cm³/mol. The van der Waals surface area contributed by atoms with E-state index in [2.05, 4.69) is 29.4 Å². The number of amides is 2. The van der Waals surface area contributed by atoms with E-state index in [9.17, 15) is 9.59 Å². The lowest BCUT2D eigenvalue weighted by atomic mass is 10.1. The molecule has 0 heterocycles. The Bertz CT molecular complexity index is 769. The highest BCUT2D eigenvalue weighted by atomic mass is 16.5. The van der Waals surface area contributed by atoms with Crippen LogP contribution in [-0.2, 0) is 11.2 Å². The van der Waals surface area contributed by atoms with E-state index in [0.717, 1.165) is 30.9 Å². The Morgan fingerprint density at radius 3 is 2.17 bits per heavy atom. The van der Waals surface area contributed by atoms with Gasteiger partial charge < -0.3 is 20.3 Å². The number of hydrogen-bond donors (Lipinski definition) is 2. The first-order valence-electron chi connectivity index (χ1n) is 10.2. The van der Waals surface area contributed by atoms with Crippen molar-refractivity contribution in [3.05, 3.63) is 59.7 Å². The van der Waals surface area contributed by atoms with E-state index in [1.54, 1.807) is 24.3 Å². The fourth-order valence-electron chi connectivity index (χ4n) is 2.94. The number of carbonyl (C=O) groups is 2. The van der Waals surface area contributed by atoms with E-state index in [1.165, 1.54) is 0 Å². The van der Waals surface area contributed by atoms with E-state index in [4.69, 9.17) is 4.74 Å². The summed E-state index contributed by atoms with van der Waals surface area (Å²) in [7, 11) is 0. The second-order valence-corrected chi connectivity index (χ2v) is 6.66. The van der Waals surface area contributed by atoms with Crippen LogP contribution in [0.1, 0.15) is 36.7 Å². The van der Waals surface area contributed by atoms with Crippen molar-refractivity contribution in [2.45, 2.75) is 27.2 Å². The summed E-state index contributed by atoms with van der Waals surface area (Å²) in [5.74, 6) is 0.581. The van der Waals surface area contributed by atoms with Crippen molar-refractivity contribution < 1.29 is 14.3 Å². The zero-order valence-corrected chi connectivity index (χ0v) is 17.5. The van der Waals surface area contributed by atoms with Crippen LogP contribution in [0.15, 0.2) is 48.5 Å². The molecule has 0 atom stereocenters. The van der Waals surface area contributed by atoms with E-state index in [1.807, 2.05) is 31.2 Å². The lowest BCUT2D eigenvalue weighted by Crippen LogP contribution is -2.34. The molecule has 29 heavy (non-hydrogen) atoms. The first-order chi connectivity index (χ1) is 14.0. The summed E-state index contributed by atoms with van der Waals surface area (Å²) in [6.07, 6.45) is 0.278.